The second kappa shape index (κ2) is 12.1. The van der Waals surface area contributed by atoms with Crippen molar-refractivity contribution in [2.24, 2.45) is 0 Å². The summed E-state index contributed by atoms with van der Waals surface area (Å²) in [5.41, 5.74) is 1.81. The Morgan fingerprint density at radius 3 is 1.37 bits per heavy atom. The van der Waals surface area contributed by atoms with Crippen molar-refractivity contribution in [2.75, 3.05) is 70.7 Å². The lowest BCUT2D eigenvalue weighted by atomic mass is 9.90. The van der Waals surface area contributed by atoms with Gasteiger partial charge in [-0.1, -0.05) is 0 Å². The van der Waals surface area contributed by atoms with E-state index in [-0.39, 0.29) is 18.2 Å². The SMILES string of the molecule is CC(C)(C(=O)c1ccc(N(CCO)c2ccc(C(=O)C(C)(C)N3CCOCC3)cc2)cc1)N1CCOCC1. The molecule has 2 aliphatic heterocycles. The van der Waals surface area contributed by atoms with Crippen LogP contribution in [0.2, 0.25) is 0 Å². The molecule has 0 spiro atoms. The number of hydrogen-bond acceptors (Lipinski definition) is 8. The first-order chi connectivity index (χ1) is 18.2. The fourth-order valence-corrected chi connectivity index (χ4v) is 5.33. The van der Waals surface area contributed by atoms with E-state index in [1.807, 2.05) is 81.1 Å². The average Bonchev–Trinajstić information content (AvgIpc) is 2.96. The van der Waals surface area contributed by atoms with Gasteiger partial charge in [-0.2, -0.15) is 0 Å². The monoisotopic (exact) mass is 523 g/mol. The molecule has 2 heterocycles. The number of ether oxygens (including phenoxy) is 2. The Morgan fingerprint density at radius 2 is 1.05 bits per heavy atom. The molecule has 38 heavy (non-hydrogen) atoms. The molecule has 0 bridgehead atoms. The summed E-state index contributed by atoms with van der Waals surface area (Å²) >= 11 is 0. The van der Waals surface area contributed by atoms with Crippen LogP contribution in [0.1, 0.15) is 48.4 Å². The molecule has 8 heteroatoms. The van der Waals surface area contributed by atoms with Gasteiger partial charge in [-0.05, 0) is 76.2 Å². The minimum atomic E-state index is -0.618. The van der Waals surface area contributed by atoms with Crippen LogP contribution < -0.4 is 4.90 Å². The molecule has 2 aromatic rings. The second-order valence-electron chi connectivity index (χ2n) is 10.9. The van der Waals surface area contributed by atoms with Crippen LogP contribution in [-0.4, -0.2) is 103 Å². The number of aliphatic hydroxyl groups excluding tert-OH is 1. The van der Waals surface area contributed by atoms with Gasteiger partial charge >= 0.3 is 0 Å². The Morgan fingerprint density at radius 1 is 0.711 bits per heavy atom. The molecule has 0 unspecified atom stereocenters. The number of hydrogen-bond donors (Lipinski definition) is 1. The molecule has 0 atom stereocenters. The van der Waals surface area contributed by atoms with Gasteiger partial charge < -0.3 is 19.5 Å². The quantitative estimate of drug-likeness (QED) is 0.475. The van der Waals surface area contributed by atoms with Gasteiger partial charge in [0.25, 0.3) is 0 Å². The molecule has 2 saturated heterocycles. The van der Waals surface area contributed by atoms with Crippen LogP contribution in [0.3, 0.4) is 0 Å². The molecule has 2 aliphatic rings. The third kappa shape index (κ3) is 6.00. The maximum absolute atomic E-state index is 13.4. The molecule has 2 aromatic carbocycles. The molecule has 1 N–H and O–H groups in total. The standard InChI is InChI=1S/C30H41N3O5/c1-29(2,31-14-19-37-20-15-31)27(35)23-5-9-25(10-6-23)33(13-18-34)26-11-7-24(8-12-26)28(36)30(3,4)32-16-21-38-22-17-32/h5-12,34H,13-22H2,1-4H3. The zero-order chi connectivity index (χ0) is 27.3. The lowest BCUT2D eigenvalue weighted by Gasteiger charge is -2.39. The number of carbonyl (C=O) groups is 2. The molecule has 206 valence electrons. The number of morpholine rings is 2. The summed E-state index contributed by atoms with van der Waals surface area (Å²) in [6.07, 6.45) is 0. The van der Waals surface area contributed by atoms with Gasteiger partial charge in [-0.15, -0.1) is 0 Å². The highest BCUT2D eigenvalue weighted by atomic mass is 16.5. The Bertz CT molecular complexity index is 1000. The summed E-state index contributed by atoms with van der Waals surface area (Å²) in [5, 5.41) is 9.77. The van der Waals surface area contributed by atoms with Gasteiger partial charge in [0.15, 0.2) is 11.6 Å². The van der Waals surface area contributed by atoms with Crippen molar-refractivity contribution in [3.8, 4) is 0 Å². The number of rotatable bonds is 10. The van der Waals surface area contributed by atoms with Crippen LogP contribution in [0.5, 0.6) is 0 Å². The molecule has 0 aliphatic carbocycles. The molecule has 4 rings (SSSR count). The summed E-state index contributed by atoms with van der Waals surface area (Å²) in [7, 11) is 0. The first-order valence-corrected chi connectivity index (χ1v) is 13.5. The van der Waals surface area contributed by atoms with E-state index in [4.69, 9.17) is 9.47 Å². The van der Waals surface area contributed by atoms with Crippen LogP contribution in [0.25, 0.3) is 0 Å². The summed E-state index contributed by atoms with van der Waals surface area (Å²) in [6, 6.07) is 15.1. The van der Waals surface area contributed by atoms with Crippen LogP contribution >= 0.6 is 0 Å². The second-order valence-corrected chi connectivity index (χ2v) is 10.9. The average molecular weight is 524 g/mol. The van der Waals surface area contributed by atoms with E-state index in [1.165, 1.54) is 0 Å². The van der Waals surface area contributed by atoms with Crippen LogP contribution in [0.15, 0.2) is 48.5 Å². The zero-order valence-electron chi connectivity index (χ0n) is 23.1. The number of aliphatic hydroxyl groups is 1. The Labute approximate surface area is 226 Å². The Hall–Kier alpha value is -2.62. The minimum Gasteiger partial charge on any atom is -0.395 e. The van der Waals surface area contributed by atoms with Crippen LogP contribution in [0, 0.1) is 0 Å². The van der Waals surface area contributed by atoms with Crippen molar-refractivity contribution in [3.63, 3.8) is 0 Å². The molecule has 0 aromatic heterocycles. The van der Waals surface area contributed by atoms with E-state index < -0.39 is 11.1 Å². The predicted molar refractivity (Wildman–Crippen MR) is 149 cm³/mol. The highest BCUT2D eigenvalue weighted by Gasteiger charge is 2.37. The van der Waals surface area contributed by atoms with E-state index in [0.29, 0.717) is 44.1 Å². The molecular weight excluding hydrogens is 482 g/mol. The van der Waals surface area contributed by atoms with Gasteiger partial charge in [0.2, 0.25) is 0 Å². The topological polar surface area (TPSA) is 82.6 Å². The summed E-state index contributed by atoms with van der Waals surface area (Å²) in [6.45, 7) is 13.7. The van der Waals surface area contributed by atoms with Gasteiger partial charge in [0.05, 0.1) is 44.1 Å². The maximum Gasteiger partial charge on any atom is 0.182 e. The highest BCUT2D eigenvalue weighted by Crippen LogP contribution is 2.29. The number of nitrogens with zero attached hydrogens (tertiary/aromatic N) is 3. The van der Waals surface area contributed by atoms with E-state index in [2.05, 4.69) is 9.80 Å². The number of anilines is 2. The molecule has 8 nitrogen and oxygen atoms in total. The molecule has 0 radical (unpaired) electrons. The third-order valence-corrected chi connectivity index (χ3v) is 7.92. The van der Waals surface area contributed by atoms with E-state index >= 15 is 0 Å². The van der Waals surface area contributed by atoms with E-state index in [1.54, 1.807) is 0 Å². The predicted octanol–water partition coefficient (Wildman–Crippen LogP) is 3.40. The largest absolute Gasteiger partial charge is 0.395 e. The van der Waals surface area contributed by atoms with Gasteiger partial charge in [0.1, 0.15) is 0 Å². The van der Waals surface area contributed by atoms with Crippen molar-refractivity contribution in [1.82, 2.24) is 9.80 Å². The number of ketones is 2. The molecular formula is C30H41N3O5. The number of Topliss-reactive ketones (excluding diaryl/α,β-unsaturated/α-hetero) is 2. The van der Waals surface area contributed by atoms with E-state index in [0.717, 1.165) is 37.6 Å². The maximum atomic E-state index is 13.4. The first kappa shape index (κ1) is 28.4. The highest BCUT2D eigenvalue weighted by molar-refractivity contribution is 6.03. The normalized spacial score (nSPS) is 17.8. The molecule has 0 amide bonds. The van der Waals surface area contributed by atoms with Crippen LogP contribution in [0.4, 0.5) is 11.4 Å². The third-order valence-electron chi connectivity index (χ3n) is 7.92. The summed E-state index contributed by atoms with van der Waals surface area (Å²) < 4.78 is 10.9. The lowest BCUT2D eigenvalue weighted by molar-refractivity contribution is -0.00442. The zero-order valence-corrected chi connectivity index (χ0v) is 23.1. The van der Waals surface area contributed by atoms with Gasteiger partial charge in [0, 0.05) is 55.2 Å². The van der Waals surface area contributed by atoms with Crippen molar-refractivity contribution in [2.45, 2.75) is 38.8 Å². The molecule has 0 saturated carbocycles. The van der Waals surface area contributed by atoms with Crippen molar-refractivity contribution in [3.05, 3.63) is 59.7 Å². The smallest absolute Gasteiger partial charge is 0.182 e. The van der Waals surface area contributed by atoms with Crippen molar-refractivity contribution >= 4 is 22.9 Å². The Balaban J connectivity index is 1.50. The van der Waals surface area contributed by atoms with Crippen LogP contribution in [-0.2, 0) is 9.47 Å². The first-order valence-electron chi connectivity index (χ1n) is 13.5. The fraction of sp³-hybridized carbons (Fsp3) is 0.533. The van der Waals surface area contributed by atoms with Gasteiger partial charge in [-0.25, -0.2) is 0 Å². The van der Waals surface area contributed by atoms with Crippen molar-refractivity contribution in [1.29, 1.82) is 0 Å². The van der Waals surface area contributed by atoms with Gasteiger partial charge in [-0.3, -0.25) is 19.4 Å². The molecule has 2 fully saturated rings. The van der Waals surface area contributed by atoms with E-state index in [9.17, 15) is 14.7 Å². The number of carbonyl (C=O) groups excluding carboxylic acids is 2. The lowest BCUT2D eigenvalue weighted by Crippen LogP contribution is -2.54. The fourth-order valence-electron chi connectivity index (χ4n) is 5.33. The Kier molecular flexibility index (Phi) is 9.00. The number of benzene rings is 2. The summed E-state index contributed by atoms with van der Waals surface area (Å²) in [4.78, 5) is 33.1. The van der Waals surface area contributed by atoms with Crippen molar-refractivity contribution < 1.29 is 24.2 Å². The minimum absolute atomic E-state index is 0.0323. The summed E-state index contributed by atoms with van der Waals surface area (Å²) in [5.74, 6) is 0.149.